The molecule has 2 aromatic rings. The first-order valence-corrected chi connectivity index (χ1v) is 8.83. The Bertz CT molecular complexity index is 638. The molecule has 0 bridgehead atoms. The van der Waals surface area contributed by atoms with E-state index in [0.717, 1.165) is 16.3 Å². The summed E-state index contributed by atoms with van der Waals surface area (Å²) >= 11 is 1.57. The van der Waals surface area contributed by atoms with E-state index >= 15 is 0 Å². The van der Waals surface area contributed by atoms with Gasteiger partial charge in [0.25, 0.3) is 5.91 Å². The molecular weight excluding hydrogens is 292 g/mol. The average molecular weight is 314 g/mol. The van der Waals surface area contributed by atoms with Gasteiger partial charge in [0, 0.05) is 24.0 Å². The van der Waals surface area contributed by atoms with Crippen molar-refractivity contribution in [2.75, 3.05) is 13.1 Å². The third-order valence-electron chi connectivity index (χ3n) is 4.28. The summed E-state index contributed by atoms with van der Waals surface area (Å²) in [6, 6.07) is 15.1. The van der Waals surface area contributed by atoms with Crippen LogP contribution in [0.25, 0.3) is 10.4 Å². The molecule has 2 saturated heterocycles. The Balaban J connectivity index is 0.000000693. The average Bonchev–Trinajstić information content (AvgIpc) is 3.04. The van der Waals surface area contributed by atoms with Crippen molar-refractivity contribution in [2.45, 2.75) is 32.4 Å². The maximum absolute atomic E-state index is 12.2. The summed E-state index contributed by atoms with van der Waals surface area (Å²) in [5.74, 6) is 0.0775. The number of benzene rings is 1. The Kier molecular flexibility index (Phi) is 4.60. The van der Waals surface area contributed by atoms with Crippen molar-refractivity contribution in [3.05, 3.63) is 47.3 Å². The number of rotatable bonds is 3. The molecule has 3 heterocycles. The van der Waals surface area contributed by atoms with Crippen LogP contribution in [0.15, 0.2) is 42.5 Å². The number of fused-ring (bicyclic) bond motifs is 1. The highest BCUT2D eigenvalue weighted by Gasteiger charge is 2.45. The zero-order chi connectivity index (χ0) is 15.5. The highest BCUT2D eigenvalue weighted by atomic mass is 32.1. The van der Waals surface area contributed by atoms with Gasteiger partial charge >= 0.3 is 0 Å². The molecule has 3 nitrogen and oxygen atoms in total. The standard InChI is InChI=1S/C16H16N2OS.C2H6/c19-16(17-12-10-18-9-8-13(12)18)15-7-6-14(20-15)11-4-2-1-3-5-11;1-2/h1-7,12-13H,8-10H2,(H,17,19);1-2H3. The predicted molar refractivity (Wildman–Crippen MR) is 92.3 cm³/mol. The number of hydrogen-bond acceptors (Lipinski definition) is 3. The van der Waals surface area contributed by atoms with Gasteiger partial charge in [0.2, 0.25) is 0 Å². The lowest BCUT2D eigenvalue weighted by atomic mass is 9.85. The smallest absolute Gasteiger partial charge is 0.261 e. The minimum atomic E-state index is 0.0775. The van der Waals surface area contributed by atoms with E-state index in [2.05, 4.69) is 22.3 Å². The van der Waals surface area contributed by atoms with Crippen LogP contribution in [0, 0.1) is 0 Å². The monoisotopic (exact) mass is 314 g/mol. The number of carbonyl (C=O) groups is 1. The van der Waals surface area contributed by atoms with E-state index in [1.54, 1.807) is 11.3 Å². The highest BCUT2D eigenvalue weighted by Crippen LogP contribution is 2.31. The maximum atomic E-state index is 12.2. The van der Waals surface area contributed by atoms with E-state index in [0.29, 0.717) is 12.1 Å². The number of piperidine rings is 1. The second-order valence-electron chi connectivity index (χ2n) is 5.46. The van der Waals surface area contributed by atoms with Gasteiger partial charge in [-0.2, -0.15) is 0 Å². The van der Waals surface area contributed by atoms with Gasteiger partial charge < -0.3 is 5.32 Å². The first kappa shape index (κ1) is 15.3. The third kappa shape index (κ3) is 2.81. The summed E-state index contributed by atoms with van der Waals surface area (Å²) in [6.07, 6.45) is 1.23. The summed E-state index contributed by atoms with van der Waals surface area (Å²) in [6.45, 7) is 6.22. The van der Waals surface area contributed by atoms with E-state index in [1.807, 2.05) is 44.2 Å². The van der Waals surface area contributed by atoms with Gasteiger partial charge in [0.15, 0.2) is 0 Å². The van der Waals surface area contributed by atoms with Crippen molar-refractivity contribution in [3.8, 4) is 10.4 Å². The summed E-state index contributed by atoms with van der Waals surface area (Å²) in [5, 5.41) is 3.16. The molecule has 1 amide bonds. The molecule has 2 unspecified atom stereocenters. The van der Waals surface area contributed by atoms with E-state index in [1.165, 1.54) is 18.5 Å². The minimum absolute atomic E-state index is 0.0775. The number of amides is 1. The SMILES string of the molecule is CC.O=C(NC1CN2CCC12)c1ccc(-c2ccccc2)s1. The second-order valence-corrected chi connectivity index (χ2v) is 6.54. The fourth-order valence-corrected chi connectivity index (χ4v) is 3.89. The highest BCUT2D eigenvalue weighted by molar-refractivity contribution is 7.17. The Morgan fingerprint density at radius 2 is 1.95 bits per heavy atom. The summed E-state index contributed by atoms with van der Waals surface area (Å²) < 4.78 is 0. The number of thiophene rings is 1. The normalized spacial score (nSPS) is 22.5. The molecule has 0 saturated carbocycles. The fraction of sp³-hybridized carbons (Fsp3) is 0.389. The van der Waals surface area contributed by atoms with Gasteiger partial charge in [-0.3, -0.25) is 9.69 Å². The third-order valence-corrected chi connectivity index (χ3v) is 5.41. The van der Waals surface area contributed by atoms with Gasteiger partial charge in [0.1, 0.15) is 0 Å². The molecule has 4 rings (SSSR count). The van der Waals surface area contributed by atoms with Crippen LogP contribution in [0.5, 0.6) is 0 Å². The Labute approximate surface area is 136 Å². The largest absolute Gasteiger partial charge is 0.346 e. The van der Waals surface area contributed by atoms with Crippen LogP contribution in [-0.2, 0) is 0 Å². The van der Waals surface area contributed by atoms with Crippen LogP contribution < -0.4 is 5.32 Å². The quantitative estimate of drug-likeness (QED) is 0.938. The van der Waals surface area contributed by atoms with Crippen molar-refractivity contribution in [2.24, 2.45) is 0 Å². The molecule has 1 N–H and O–H groups in total. The molecule has 2 atom stereocenters. The van der Waals surface area contributed by atoms with Crippen LogP contribution in [-0.4, -0.2) is 36.0 Å². The van der Waals surface area contributed by atoms with Gasteiger partial charge in [0.05, 0.1) is 10.9 Å². The van der Waals surface area contributed by atoms with Crippen molar-refractivity contribution in [3.63, 3.8) is 0 Å². The predicted octanol–water partition coefficient (Wildman–Crippen LogP) is 3.63. The number of nitrogens with zero attached hydrogens (tertiary/aromatic N) is 1. The summed E-state index contributed by atoms with van der Waals surface area (Å²) in [4.78, 5) is 16.6. The van der Waals surface area contributed by atoms with Crippen LogP contribution >= 0.6 is 11.3 Å². The summed E-state index contributed by atoms with van der Waals surface area (Å²) in [5.41, 5.74) is 1.17. The molecule has 116 valence electrons. The molecule has 2 fully saturated rings. The van der Waals surface area contributed by atoms with Crippen molar-refractivity contribution in [1.82, 2.24) is 10.2 Å². The van der Waals surface area contributed by atoms with E-state index in [-0.39, 0.29) is 5.91 Å². The van der Waals surface area contributed by atoms with Crippen LogP contribution in [0.1, 0.15) is 29.9 Å². The lowest BCUT2D eigenvalue weighted by Gasteiger charge is -2.56. The molecule has 1 aromatic heterocycles. The molecule has 1 aromatic carbocycles. The molecular formula is C18H22N2OS. The first-order chi connectivity index (χ1) is 10.8. The molecule has 0 aliphatic carbocycles. The Morgan fingerprint density at radius 1 is 1.18 bits per heavy atom. The number of nitrogens with one attached hydrogen (secondary N) is 1. The van der Waals surface area contributed by atoms with Gasteiger partial charge in [-0.15, -0.1) is 11.3 Å². The first-order valence-electron chi connectivity index (χ1n) is 8.01. The van der Waals surface area contributed by atoms with Crippen molar-refractivity contribution < 1.29 is 4.79 Å². The maximum Gasteiger partial charge on any atom is 0.261 e. The van der Waals surface area contributed by atoms with Gasteiger partial charge in [-0.25, -0.2) is 0 Å². The fourth-order valence-electron chi connectivity index (χ4n) is 2.98. The molecule has 0 radical (unpaired) electrons. The Hall–Kier alpha value is -1.65. The second kappa shape index (κ2) is 6.63. The number of hydrogen-bond donors (Lipinski definition) is 1. The van der Waals surface area contributed by atoms with E-state index < -0.39 is 0 Å². The minimum Gasteiger partial charge on any atom is -0.346 e. The molecule has 2 aliphatic heterocycles. The summed E-state index contributed by atoms with van der Waals surface area (Å²) in [7, 11) is 0. The lowest BCUT2D eigenvalue weighted by molar-refractivity contribution is -0.0370. The van der Waals surface area contributed by atoms with Crippen LogP contribution in [0.2, 0.25) is 0 Å². The Morgan fingerprint density at radius 3 is 2.55 bits per heavy atom. The topological polar surface area (TPSA) is 32.3 Å². The van der Waals surface area contributed by atoms with Gasteiger partial charge in [-0.05, 0) is 24.1 Å². The zero-order valence-corrected chi connectivity index (χ0v) is 13.9. The van der Waals surface area contributed by atoms with Crippen LogP contribution in [0.3, 0.4) is 0 Å². The van der Waals surface area contributed by atoms with Crippen molar-refractivity contribution in [1.29, 1.82) is 0 Å². The molecule has 2 aliphatic rings. The van der Waals surface area contributed by atoms with Crippen molar-refractivity contribution >= 4 is 17.2 Å². The van der Waals surface area contributed by atoms with E-state index in [4.69, 9.17) is 0 Å². The van der Waals surface area contributed by atoms with Crippen LogP contribution in [0.4, 0.5) is 0 Å². The van der Waals surface area contributed by atoms with Gasteiger partial charge in [-0.1, -0.05) is 44.2 Å². The molecule has 0 spiro atoms. The molecule has 4 heteroatoms. The van der Waals surface area contributed by atoms with E-state index in [9.17, 15) is 4.79 Å². The molecule has 22 heavy (non-hydrogen) atoms. The lowest BCUT2D eigenvalue weighted by Crippen LogP contribution is -2.72. The number of carbonyl (C=O) groups excluding carboxylic acids is 1. The zero-order valence-electron chi connectivity index (χ0n) is 13.1.